The molecular formula is C11H18N2O. The number of hydrogen-bond donors (Lipinski definition) is 0. The van der Waals surface area contributed by atoms with Crippen LogP contribution in [0.2, 0.25) is 0 Å². The van der Waals surface area contributed by atoms with Gasteiger partial charge >= 0.3 is 0 Å². The Balaban J connectivity index is 1.89. The van der Waals surface area contributed by atoms with Gasteiger partial charge in [0.1, 0.15) is 0 Å². The molecule has 1 aromatic rings. The molecule has 1 heterocycles. The molecule has 3 heteroatoms. The third kappa shape index (κ3) is 2.50. The first-order valence-electron chi connectivity index (χ1n) is 5.50. The van der Waals surface area contributed by atoms with E-state index in [1.165, 1.54) is 38.5 Å². The molecule has 0 bridgehead atoms. The van der Waals surface area contributed by atoms with Gasteiger partial charge in [-0.05, 0) is 25.7 Å². The molecule has 0 saturated heterocycles. The Morgan fingerprint density at radius 1 is 1.29 bits per heavy atom. The third-order valence-corrected chi connectivity index (χ3v) is 2.79. The van der Waals surface area contributed by atoms with Crippen molar-refractivity contribution in [1.82, 2.24) is 9.78 Å². The van der Waals surface area contributed by atoms with Crippen LogP contribution >= 0.6 is 0 Å². The molecule has 3 nitrogen and oxygen atoms in total. The second-order valence-electron chi connectivity index (χ2n) is 4.08. The Bertz CT molecular complexity index is 275. The van der Waals surface area contributed by atoms with Crippen LogP contribution < -0.4 is 4.74 Å². The van der Waals surface area contributed by atoms with Crippen molar-refractivity contribution in [3.63, 3.8) is 0 Å². The lowest BCUT2D eigenvalue weighted by atomic mass is 10.1. The highest BCUT2D eigenvalue weighted by molar-refractivity contribution is 5.11. The van der Waals surface area contributed by atoms with E-state index in [2.05, 4.69) is 5.10 Å². The van der Waals surface area contributed by atoms with Gasteiger partial charge in [0, 0.05) is 7.05 Å². The molecule has 0 spiro atoms. The summed E-state index contributed by atoms with van der Waals surface area (Å²) in [4.78, 5) is 0. The van der Waals surface area contributed by atoms with Crippen molar-refractivity contribution in [1.29, 1.82) is 0 Å². The molecule has 1 aliphatic carbocycles. The summed E-state index contributed by atoms with van der Waals surface area (Å²) in [5, 5.41) is 4.10. The number of nitrogens with zero attached hydrogens (tertiary/aromatic N) is 2. The van der Waals surface area contributed by atoms with Gasteiger partial charge in [-0.2, -0.15) is 5.10 Å². The summed E-state index contributed by atoms with van der Waals surface area (Å²) in [5.74, 6) is 0.916. The lowest BCUT2D eigenvalue weighted by Gasteiger charge is -2.14. The first-order chi connectivity index (χ1) is 6.84. The van der Waals surface area contributed by atoms with Gasteiger partial charge in [0.05, 0.1) is 18.5 Å². The molecule has 78 valence electrons. The molecule has 2 rings (SSSR count). The molecule has 1 fully saturated rings. The number of aryl methyl sites for hydroxylation is 1. The minimum Gasteiger partial charge on any atom is -0.487 e. The summed E-state index contributed by atoms with van der Waals surface area (Å²) in [6.07, 6.45) is 11.9. The molecule has 1 aromatic heterocycles. The summed E-state index contributed by atoms with van der Waals surface area (Å²) >= 11 is 0. The van der Waals surface area contributed by atoms with Gasteiger partial charge in [-0.1, -0.05) is 12.8 Å². The largest absolute Gasteiger partial charge is 0.487 e. The maximum absolute atomic E-state index is 5.87. The smallest absolute Gasteiger partial charge is 0.157 e. The molecule has 0 aliphatic heterocycles. The van der Waals surface area contributed by atoms with Crippen LogP contribution in [0.15, 0.2) is 12.4 Å². The molecule has 0 aromatic carbocycles. The Kier molecular flexibility index (Phi) is 3.07. The highest BCUT2D eigenvalue weighted by Gasteiger charge is 2.13. The van der Waals surface area contributed by atoms with Crippen LogP contribution in [0, 0.1) is 0 Å². The fourth-order valence-electron chi connectivity index (χ4n) is 2.01. The van der Waals surface area contributed by atoms with E-state index in [1.807, 2.05) is 13.2 Å². The topological polar surface area (TPSA) is 27.1 Å². The van der Waals surface area contributed by atoms with E-state index in [4.69, 9.17) is 4.74 Å². The molecule has 14 heavy (non-hydrogen) atoms. The zero-order valence-corrected chi connectivity index (χ0v) is 8.78. The van der Waals surface area contributed by atoms with Gasteiger partial charge in [-0.3, -0.25) is 4.68 Å². The van der Waals surface area contributed by atoms with E-state index in [1.54, 1.807) is 10.9 Å². The quantitative estimate of drug-likeness (QED) is 0.676. The minimum atomic E-state index is 0.418. The van der Waals surface area contributed by atoms with Crippen LogP contribution in [0.3, 0.4) is 0 Å². The predicted octanol–water partition coefficient (Wildman–Crippen LogP) is 2.52. The van der Waals surface area contributed by atoms with Gasteiger partial charge in [0.15, 0.2) is 5.75 Å². The third-order valence-electron chi connectivity index (χ3n) is 2.79. The first-order valence-corrected chi connectivity index (χ1v) is 5.50. The van der Waals surface area contributed by atoms with Gasteiger partial charge in [-0.25, -0.2) is 0 Å². The maximum atomic E-state index is 5.87. The summed E-state index contributed by atoms with van der Waals surface area (Å²) in [7, 11) is 1.92. The van der Waals surface area contributed by atoms with Gasteiger partial charge < -0.3 is 4.74 Å². The monoisotopic (exact) mass is 194 g/mol. The minimum absolute atomic E-state index is 0.418. The van der Waals surface area contributed by atoms with E-state index in [9.17, 15) is 0 Å². The van der Waals surface area contributed by atoms with Crippen LogP contribution in [0.4, 0.5) is 0 Å². The zero-order valence-electron chi connectivity index (χ0n) is 8.78. The van der Waals surface area contributed by atoms with Crippen molar-refractivity contribution in [2.75, 3.05) is 0 Å². The fraction of sp³-hybridized carbons (Fsp3) is 0.727. The molecule has 1 saturated carbocycles. The Hall–Kier alpha value is -0.990. The summed E-state index contributed by atoms with van der Waals surface area (Å²) in [6.45, 7) is 0. The highest BCUT2D eigenvalue weighted by atomic mass is 16.5. The van der Waals surface area contributed by atoms with E-state index < -0.39 is 0 Å². The normalized spacial score (nSPS) is 19.2. The van der Waals surface area contributed by atoms with Gasteiger partial charge in [-0.15, -0.1) is 0 Å². The van der Waals surface area contributed by atoms with E-state index >= 15 is 0 Å². The van der Waals surface area contributed by atoms with Crippen molar-refractivity contribution < 1.29 is 4.74 Å². The Morgan fingerprint density at radius 3 is 2.57 bits per heavy atom. The number of ether oxygens (including phenoxy) is 1. The van der Waals surface area contributed by atoms with Gasteiger partial charge in [0.25, 0.3) is 0 Å². The van der Waals surface area contributed by atoms with E-state index in [-0.39, 0.29) is 0 Å². The van der Waals surface area contributed by atoms with E-state index in [0.717, 1.165) is 5.75 Å². The standard InChI is InChI=1S/C11H18N2O/c1-13-9-11(8-12-13)14-10-6-4-2-3-5-7-10/h8-10H,2-7H2,1H3. The molecule has 0 N–H and O–H groups in total. The zero-order chi connectivity index (χ0) is 9.80. The molecule has 0 atom stereocenters. The summed E-state index contributed by atoms with van der Waals surface area (Å²) < 4.78 is 7.66. The molecular weight excluding hydrogens is 176 g/mol. The predicted molar refractivity (Wildman–Crippen MR) is 55.3 cm³/mol. The van der Waals surface area contributed by atoms with Crippen LogP contribution in [-0.2, 0) is 7.05 Å². The number of hydrogen-bond acceptors (Lipinski definition) is 2. The molecule has 0 amide bonds. The average Bonchev–Trinajstić information content (AvgIpc) is 2.43. The van der Waals surface area contributed by atoms with Crippen molar-refractivity contribution in [2.24, 2.45) is 7.05 Å². The van der Waals surface area contributed by atoms with Crippen LogP contribution in [0.5, 0.6) is 5.75 Å². The molecule has 0 radical (unpaired) electrons. The SMILES string of the molecule is Cn1cc(OC2CCCCCC2)cn1. The first kappa shape index (κ1) is 9.56. The fourth-order valence-corrected chi connectivity index (χ4v) is 2.01. The highest BCUT2D eigenvalue weighted by Crippen LogP contribution is 2.22. The average molecular weight is 194 g/mol. The van der Waals surface area contributed by atoms with Crippen LogP contribution in [0.25, 0.3) is 0 Å². The van der Waals surface area contributed by atoms with E-state index in [0.29, 0.717) is 6.10 Å². The maximum Gasteiger partial charge on any atom is 0.157 e. The molecule has 1 aliphatic rings. The second kappa shape index (κ2) is 4.49. The Morgan fingerprint density at radius 2 is 2.00 bits per heavy atom. The van der Waals surface area contributed by atoms with Gasteiger partial charge in [0.2, 0.25) is 0 Å². The summed E-state index contributed by atoms with van der Waals surface area (Å²) in [5.41, 5.74) is 0. The van der Waals surface area contributed by atoms with Crippen molar-refractivity contribution >= 4 is 0 Å². The van der Waals surface area contributed by atoms with Crippen molar-refractivity contribution in [2.45, 2.75) is 44.6 Å². The number of aromatic nitrogens is 2. The molecule has 0 unspecified atom stereocenters. The number of rotatable bonds is 2. The van der Waals surface area contributed by atoms with Crippen molar-refractivity contribution in [3.8, 4) is 5.75 Å². The van der Waals surface area contributed by atoms with Crippen LogP contribution in [0.1, 0.15) is 38.5 Å². The van der Waals surface area contributed by atoms with Crippen molar-refractivity contribution in [3.05, 3.63) is 12.4 Å². The Labute approximate surface area is 85.1 Å². The second-order valence-corrected chi connectivity index (χ2v) is 4.08. The lowest BCUT2D eigenvalue weighted by molar-refractivity contribution is 0.183. The van der Waals surface area contributed by atoms with Crippen LogP contribution in [-0.4, -0.2) is 15.9 Å². The summed E-state index contributed by atoms with van der Waals surface area (Å²) in [6, 6.07) is 0. The lowest BCUT2D eigenvalue weighted by Crippen LogP contribution is -2.14.